The molecule has 0 aliphatic heterocycles. The van der Waals surface area contributed by atoms with E-state index in [-0.39, 0.29) is 11.8 Å². The van der Waals surface area contributed by atoms with Crippen LogP contribution in [0.2, 0.25) is 5.02 Å². The number of carbonyl (C=O) groups is 1. The summed E-state index contributed by atoms with van der Waals surface area (Å²) in [5.74, 6) is 0.490. The zero-order chi connectivity index (χ0) is 16.9. The molecule has 0 aliphatic rings. The predicted octanol–water partition coefficient (Wildman–Crippen LogP) is 3.97. The molecule has 0 atom stereocenters. The average molecular weight is 340 g/mol. The van der Waals surface area contributed by atoms with Gasteiger partial charge in [0.15, 0.2) is 0 Å². The summed E-state index contributed by atoms with van der Waals surface area (Å²) in [6.45, 7) is 3.97. The van der Waals surface area contributed by atoms with Crippen LogP contribution < -0.4 is 5.32 Å². The minimum Gasteiger partial charge on any atom is -0.349 e. The molecule has 2 aromatic carbocycles. The summed E-state index contributed by atoms with van der Waals surface area (Å²) in [5.41, 5.74) is 1.82. The first-order chi connectivity index (χ1) is 11.7. The van der Waals surface area contributed by atoms with E-state index in [1.165, 1.54) is 0 Å². The number of aromatic nitrogens is 2. The van der Waals surface area contributed by atoms with Crippen molar-refractivity contribution in [2.24, 2.45) is 0 Å². The smallest absolute Gasteiger partial charge is 0.259 e. The van der Waals surface area contributed by atoms with Crippen molar-refractivity contribution in [2.45, 2.75) is 0 Å². The number of nitrogens with zero attached hydrogens (tertiary/aromatic N) is 2. The second kappa shape index (κ2) is 7.10. The highest BCUT2D eigenvalue weighted by molar-refractivity contribution is 6.30. The van der Waals surface area contributed by atoms with Crippen LogP contribution in [0.5, 0.6) is 0 Å². The van der Waals surface area contributed by atoms with Gasteiger partial charge in [0.2, 0.25) is 5.82 Å². The van der Waals surface area contributed by atoms with Crippen molar-refractivity contribution in [1.29, 1.82) is 0 Å². The molecule has 1 amide bonds. The Labute approximate surface area is 144 Å². The first kappa shape index (κ1) is 16.0. The van der Waals surface area contributed by atoms with Crippen molar-refractivity contribution in [3.63, 3.8) is 0 Å². The zero-order valence-corrected chi connectivity index (χ0v) is 13.5. The first-order valence-electron chi connectivity index (χ1n) is 7.27. The van der Waals surface area contributed by atoms with Gasteiger partial charge in [-0.3, -0.25) is 4.79 Å². The maximum atomic E-state index is 12.2. The first-order valence-corrected chi connectivity index (χ1v) is 7.65. The van der Waals surface area contributed by atoms with E-state index in [0.29, 0.717) is 28.5 Å². The van der Waals surface area contributed by atoms with E-state index in [1.807, 2.05) is 6.07 Å². The Hall–Kier alpha value is -2.92. The molecule has 0 saturated carbocycles. The molecule has 0 radical (unpaired) electrons. The highest BCUT2D eigenvalue weighted by Crippen LogP contribution is 2.25. The quantitative estimate of drug-likeness (QED) is 0.714. The van der Waals surface area contributed by atoms with Crippen LogP contribution in [0.25, 0.3) is 22.8 Å². The van der Waals surface area contributed by atoms with Gasteiger partial charge < -0.3 is 9.84 Å². The zero-order valence-electron chi connectivity index (χ0n) is 12.7. The molecule has 24 heavy (non-hydrogen) atoms. The number of amides is 1. The molecule has 1 aromatic heterocycles. The Bertz CT molecular complexity index is 872. The molecule has 0 spiro atoms. The van der Waals surface area contributed by atoms with Gasteiger partial charge in [-0.15, -0.1) is 6.58 Å². The number of benzene rings is 2. The molecule has 6 heteroatoms. The normalized spacial score (nSPS) is 10.4. The number of rotatable bonds is 5. The van der Waals surface area contributed by atoms with E-state index in [9.17, 15) is 4.79 Å². The van der Waals surface area contributed by atoms with Crippen molar-refractivity contribution in [3.05, 3.63) is 71.8 Å². The number of nitrogens with one attached hydrogen (secondary N) is 1. The van der Waals surface area contributed by atoms with Crippen molar-refractivity contribution in [3.8, 4) is 22.8 Å². The molecule has 5 nitrogen and oxygen atoms in total. The van der Waals surface area contributed by atoms with E-state index < -0.39 is 0 Å². The highest BCUT2D eigenvalue weighted by atomic mass is 35.5. The summed E-state index contributed by atoms with van der Waals surface area (Å²) in [4.78, 5) is 16.6. The van der Waals surface area contributed by atoms with Crippen LogP contribution in [0.1, 0.15) is 10.4 Å². The third kappa shape index (κ3) is 3.36. The Morgan fingerprint density at radius 1 is 1.21 bits per heavy atom. The molecular formula is C18H14ClN3O2. The monoisotopic (exact) mass is 339 g/mol. The SMILES string of the molecule is C=CCNC(=O)c1ccccc1-c1nc(-c2ccc(Cl)cc2)no1. The van der Waals surface area contributed by atoms with Crippen LogP contribution in [0.15, 0.2) is 65.7 Å². The third-order valence-corrected chi connectivity index (χ3v) is 3.59. The van der Waals surface area contributed by atoms with Crippen molar-refractivity contribution in [1.82, 2.24) is 15.5 Å². The summed E-state index contributed by atoms with van der Waals surface area (Å²) in [6, 6.07) is 14.2. The minimum atomic E-state index is -0.225. The number of carbonyl (C=O) groups excluding carboxylic acids is 1. The molecule has 3 rings (SSSR count). The lowest BCUT2D eigenvalue weighted by molar-refractivity contribution is 0.0958. The Morgan fingerprint density at radius 2 is 1.96 bits per heavy atom. The second-order valence-electron chi connectivity index (χ2n) is 4.97. The number of halogens is 1. The fourth-order valence-electron chi connectivity index (χ4n) is 2.18. The Balaban J connectivity index is 1.94. The Kier molecular flexibility index (Phi) is 4.72. The fraction of sp³-hybridized carbons (Fsp3) is 0.0556. The second-order valence-corrected chi connectivity index (χ2v) is 5.41. The Morgan fingerprint density at radius 3 is 2.71 bits per heavy atom. The van der Waals surface area contributed by atoms with Gasteiger partial charge in [-0.05, 0) is 36.4 Å². The molecule has 1 N–H and O–H groups in total. The van der Waals surface area contributed by atoms with E-state index in [2.05, 4.69) is 22.0 Å². The van der Waals surface area contributed by atoms with Crippen LogP contribution in [-0.4, -0.2) is 22.6 Å². The van der Waals surface area contributed by atoms with Crippen LogP contribution in [0, 0.1) is 0 Å². The molecule has 0 unspecified atom stereocenters. The van der Waals surface area contributed by atoms with Gasteiger partial charge in [-0.1, -0.05) is 35.0 Å². The van der Waals surface area contributed by atoms with E-state index in [0.717, 1.165) is 5.56 Å². The van der Waals surface area contributed by atoms with Crippen LogP contribution in [0.3, 0.4) is 0 Å². The summed E-state index contributed by atoms with van der Waals surface area (Å²) in [7, 11) is 0. The standard InChI is InChI=1S/C18H14ClN3O2/c1-2-11-20-17(23)14-5-3-4-6-15(14)18-21-16(22-24-18)12-7-9-13(19)10-8-12/h2-10H,1,11H2,(H,20,23). The van der Waals surface area contributed by atoms with Gasteiger partial charge in [-0.25, -0.2) is 0 Å². The van der Waals surface area contributed by atoms with Crippen LogP contribution >= 0.6 is 11.6 Å². The molecule has 0 bridgehead atoms. The van der Waals surface area contributed by atoms with Crippen LogP contribution in [-0.2, 0) is 0 Å². The van der Waals surface area contributed by atoms with Crippen LogP contribution in [0.4, 0.5) is 0 Å². The topological polar surface area (TPSA) is 68.0 Å². The predicted molar refractivity (Wildman–Crippen MR) is 92.7 cm³/mol. The number of hydrogen-bond acceptors (Lipinski definition) is 4. The summed E-state index contributed by atoms with van der Waals surface area (Å²) in [5, 5.41) is 7.35. The lowest BCUT2D eigenvalue weighted by Crippen LogP contribution is -2.23. The molecule has 0 saturated heterocycles. The molecule has 1 heterocycles. The average Bonchev–Trinajstić information content (AvgIpc) is 3.10. The van der Waals surface area contributed by atoms with Crippen molar-refractivity contribution < 1.29 is 9.32 Å². The highest BCUT2D eigenvalue weighted by Gasteiger charge is 2.17. The lowest BCUT2D eigenvalue weighted by Gasteiger charge is -2.05. The number of hydrogen-bond donors (Lipinski definition) is 1. The summed E-state index contributed by atoms with van der Waals surface area (Å²) < 4.78 is 5.34. The van der Waals surface area contributed by atoms with Gasteiger partial charge in [0.25, 0.3) is 11.8 Å². The molecular weight excluding hydrogens is 326 g/mol. The van der Waals surface area contributed by atoms with Gasteiger partial charge in [0, 0.05) is 17.1 Å². The lowest BCUT2D eigenvalue weighted by atomic mass is 10.1. The fourth-order valence-corrected chi connectivity index (χ4v) is 2.30. The van der Waals surface area contributed by atoms with E-state index >= 15 is 0 Å². The largest absolute Gasteiger partial charge is 0.349 e. The van der Waals surface area contributed by atoms with Crippen molar-refractivity contribution >= 4 is 17.5 Å². The molecule has 0 aliphatic carbocycles. The van der Waals surface area contributed by atoms with E-state index in [1.54, 1.807) is 48.5 Å². The summed E-state index contributed by atoms with van der Waals surface area (Å²) in [6.07, 6.45) is 1.62. The van der Waals surface area contributed by atoms with E-state index in [4.69, 9.17) is 16.1 Å². The summed E-state index contributed by atoms with van der Waals surface area (Å²) >= 11 is 5.88. The van der Waals surface area contributed by atoms with Gasteiger partial charge in [-0.2, -0.15) is 4.98 Å². The molecule has 0 fully saturated rings. The third-order valence-electron chi connectivity index (χ3n) is 3.34. The van der Waals surface area contributed by atoms with Gasteiger partial charge in [0.1, 0.15) is 0 Å². The van der Waals surface area contributed by atoms with Gasteiger partial charge in [0.05, 0.1) is 11.1 Å². The van der Waals surface area contributed by atoms with Crippen molar-refractivity contribution in [2.75, 3.05) is 6.54 Å². The molecule has 120 valence electrons. The maximum Gasteiger partial charge on any atom is 0.259 e. The molecule has 3 aromatic rings. The minimum absolute atomic E-state index is 0.225. The van der Waals surface area contributed by atoms with Gasteiger partial charge >= 0.3 is 0 Å². The maximum absolute atomic E-state index is 12.2.